The molecule has 264 valence electrons. The number of carbonyl (C=O) groups excluding carboxylic acids is 1. The number of benzene rings is 4. The van der Waals surface area contributed by atoms with E-state index < -0.39 is 6.23 Å². The predicted molar refractivity (Wildman–Crippen MR) is 192 cm³/mol. The van der Waals surface area contributed by atoms with E-state index in [1.807, 2.05) is 84.9 Å². The van der Waals surface area contributed by atoms with Gasteiger partial charge in [-0.1, -0.05) is 78.9 Å². The van der Waals surface area contributed by atoms with E-state index in [0.29, 0.717) is 39.5 Å². The third-order valence-corrected chi connectivity index (χ3v) is 9.46. The number of nitrogens with zero attached hydrogens (tertiary/aromatic N) is 2. The molecule has 0 aliphatic carbocycles. The van der Waals surface area contributed by atoms with Gasteiger partial charge in [0.15, 0.2) is 0 Å². The highest BCUT2D eigenvalue weighted by molar-refractivity contribution is 5.68. The van der Waals surface area contributed by atoms with Gasteiger partial charge < -0.3 is 38.6 Å². The number of likely N-dealkylation sites (tertiary alicyclic amines) is 1. The van der Waals surface area contributed by atoms with Crippen LogP contribution in [0.3, 0.4) is 0 Å². The van der Waals surface area contributed by atoms with Crippen molar-refractivity contribution in [3.05, 3.63) is 125 Å². The van der Waals surface area contributed by atoms with Gasteiger partial charge in [0.2, 0.25) is 0 Å². The molecule has 1 N–H and O–H groups in total. The fourth-order valence-electron chi connectivity index (χ4n) is 6.75. The van der Waals surface area contributed by atoms with Crippen molar-refractivity contribution in [3.63, 3.8) is 0 Å². The smallest absolute Gasteiger partial charge is 0.410 e. The Morgan fingerprint density at radius 3 is 2.34 bits per heavy atom. The maximum atomic E-state index is 13.2. The molecule has 0 radical (unpaired) electrons. The molecule has 3 atom stereocenters. The summed E-state index contributed by atoms with van der Waals surface area (Å²) >= 11 is 0. The molecular formula is C41H48N2O7. The van der Waals surface area contributed by atoms with Crippen molar-refractivity contribution in [1.29, 1.82) is 0 Å². The van der Waals surface area contributed by atoms with E-state index in [2.05, 4.69) is 23.1 Å². The number of aliphatic hydroxyl groups is 1. The van der Waals surface area contributed by atoms with Gasteiger partial charge in [-0.3, -0.25) is 0 Å². The van der Waals surface area contributed by atoms with E-state index in [1.165, 1.54) is 0 Å². The molecule has 0 bridgehead atoms. The molecular weight excluding hydrogens is 632 g/mol. The predicted octanol–water partition coefficient (Wildman–Crippen LogP) is 7.31. The van der Waals surface area contributed by atoms with Gasteiger partial charge in [0, 0.05) is 42.2 Å². The van der Waals surface area contributed by atoms with Crippen molar-refractivity contribution in [3.8, 4) is 11.5 Å². The van der Waals surface area contributed by atoms with E-state index in [1.54, 1.807) is 12.0 Å². The second-order valence-electron chi connectivity index (χ2n) is 12.8. The molecule has 2 saturated heterocycles. The highest BCUT2D eigenvalue weighted by atomic mass is 16.6. The minimum atomic E-state index is -0.486. The molecule has 6 rings (SSSR count). The van der Waals surface area contributed by atoms with Crippen molar-refractivity contribution >= 4 is 11.8 Å². The number of methoxy groups -OCH3 is 1. The number of aliphatic hydroxyl groups excluding tert-OH is 1. The van der Waals surface area contributed by atoms with Crippen molar-refractivity contribution in [2.24, 2.45) is 0 Å². The summed E-state index contributed by atoms with van der Waals surface area (Å²) in [5.41, 5.74) is 5.13. The molecule has 2 aliphatic heterocycles. The second kappa shape index (κ2) is 17.9. The normalized spacial score (nSPS) is 19.0. The first-order valence-corrected chi connectivity index (χ1v) is 17.6. The Labute approximate surface area is 295 Å². The molecule has 4 aromatic carbocycles. The number of hydrogen-bond donors (Lipinski definition) is 1. The van der Waals surface area contributed by atoms with E-state index in [-0.39, 0.29) is 24.7 Å². The highest BCUT2D eigenvalue weighted by Crippen LogP contribution is 2.34. The highest BCUT2D eigenvalue weighted by Gasteiger charge is 2.34. The molecule has 50 heavy (non-hydrogen) atoms. The van der Waals surface area contributed by atoms with Crippen molar-refractivity contribution in [2.45, 2.75) is 63.8 Å². The third-order valence-electron chi connectivity index (χ3n) is 9.46. The summed E-state index contributed by atoms with van der Waals surface area (Å²) in [5.74, 6) is 1.71. The third kappa shape index (κ3) is 9.35. The van der Waals surface area contributed by atoms with Crippen LogP contribution < -0.4 is 14.4 Å². The number of anilines is 1. The minimum Gasteiger partial charge on any atom is -0.496 e. The summed E-state index contributed by atoms with van der Waals surface area (Å²) in [6, 6.07) is 33.9. The van der Waals surface area contributed by atoms with Crippen molar-refractivity contribution < 1.29 is 33.6 Å². The van der Waals surface area contributed by atoms with E-state index in [0.717, 1.165) is 71.7 Å². The van der Waals surface area contributed by atoms with Gasteiger partial charge in [-0.25, -0.2) is 4.79 Å². The van der Waals surface area contributed by atoms with E-state index >= 15 is 0 Å². The van der Waals surface area contributed by atoms with Crippen LogP contribution in [0.1, 0.15) is 53.9 Å². The minimum absolute atomic E-state index is 0.0788. The maximum Gasteiger partial charge on any atom is 0.410 e. The molecule has 9 nitrogen and oxygen atoms in total. The lowest BCUT2D eigenvalue weighted by atomic mass is 9.87. The van der Waals surface area contributed by atoms with Crippen molar-refractivity contribution in [1.82, 2.24) is 4.90 Å². The number of carbonyl (C=O) groups is 1. The summed E-state index contributed by atoms with van der Waals surface area (Å²) in [7, 11) is 1.67. The van der Waals surface area contributed by atoms with Gasteiger partial charge in [0.1, 0.15) is 24.3 Å². The number of amides is 1. The van der Waals surface area contributed by atoms with E-state index in [4.69, 9.17) is 23.7 Å². The number of rotatable bonds is 15. The SMILES string of the molecule is COc1ccccc1COCCCOc1ccc(C2CCN(C(=O)OCc3ccccc3)CC2OCc2ccccc2N2CCCC2O)cc1. The van der Waals surface area contributed by atoms with Crippen LogP contribution in [0.25, 0.3) is 0 Å². The monoisotopic (exact) mass is 680 g/mol. The molecule has 1 amide bonds. The zero-order valence-electron chi connectivity index (χ0n) is 28.8. The Hall–Kier alpha value is -4.57. The molecule has 2 heterocycles. The average molecular weight is 681 g/mol. The topological polar surface area (TPSA) is 89.9 Å². The van der Waals surface area contributed by atoms with Gasteiger partial charge in [0.25, 0.3) is 0 Å². The average Bonchev–Trinajstić information content (AvgIpc) is 3.60. The van der Waals surface area contributed by atoms with Gasteiger partial charge in [0.05, 0.1) is 46.2 Å². The molecule has 0 saturated carbocycles. The largest absolute Gasteiger partial charge is 0.496 e. The molecule has 9 heteroatoms. The number of piperidine rings is 1. The van der Waals surface area contributed by atoms with Gasteiger partial charge in [-0.2, -0.15) is 0 Å². The van der Waals surface area contributed by atoms with E-state index in [9.17, 15) is 9.90 Å². The lowest BCUT2D eigenvalue weighted by Crippen LogP contribution is -2.47. The van der Waals surface area contributed by atoms with Gasteiger partial charge >= 0.3 is 6.09 Å². The molecule has 0 spiro atoms. The fourth-order valence-corrected chi connectivity index (χ4v) is 6.75. The molecule has 2 aliphatic rings. The van der Waals surface area contributed by atoms with Crippen LogP contribution in [0.5, 0.6) is 11.5 Å². The van der Waals surface area contributed by atoms with Crippen LogP contribution in [-0.2, 0) is 34.0 Å². The first kappa shape index (κ1) is 35.3. The summed E-state index contributed by atoms with van der Waals surface area (Å²) in [6.07, 6.45) is 2.15. The van der Waals surface area contributed by atoms with Crippen LogP contribution >= 0.6 is 0 Å². The van der Waals surface area contributed by atoms with Crippen LogP contribution in [-0.4, -0.2) is 68.4 Å². The Morgan fingerprint density at radius 2 is 1.56 bits per heavy atom. The summed E-state index contributed by atoms with van der Waals surface area (Å²) in [5, 5.41) is 10.6. The van der Waals surface area contributed by atoms with Gasteiger partial charge in [-0.15, -0.1) is 0 Å². The van der Waals surface area contributed by atoms with Gasteiger partial charge in [-0.05, 0) is 54.7 Å². The molecule has 2 fully saturated rings. The second-order valence-corrected chi connectivity index (χ2v) is 12.8. The Bertz CT molecular complexity index is 1630. The first-order chi connectivity index (χ1) is 24.6. The quantitative estimate of drug-likeness (QED) is 0.131. The maximum absolute atomic E-state index is 13.2. The lowest BCUT2D eigenvalue weighted by Gasteiger charge is -2.38. The Morgan fingerprint density at radius 1 is 0.800 bits per heavy atom. The zero-order chi connectivity index (χ0) is 34.5. The van der Waals surface area contributed by atoms with Crippen molar-refractivity contribution in [2.75, 3.05) is 44.9 Å². The van der Waals surface area contributed by atoms with Crippen LogP contribution in [0.15, 0.2) is 103 Å². The van der Waals surface area contributed by atoms with Crippen LogP contribution in [0.4, 0.5) is 10.5 Å². The lowest BCUT2D eigenvalue weighted by molar-refractivity contribution is -0.0245. The summed E-state index contributed by atoms with van der Waals surface area (Å²) in [6.45, 7) is 4.03. The summed E-state index contributed by atoms with van der Waals surface area (Å²) in [4.78, 5) is 17.0. The number of para-hydroxylation sites is 2. The first-order valence-electron chi connectivity index (χ1n) is 17.6. The molecule has 3 unspecified atom stereocenters. The molecule has 4 aromatic rings. The van der Waals surface area contributed by atoms with Crippen LogP contribution in [0, 0.1) is 0 Å². The Kier molecular flexibility index (Phi) is 12.6. The fraction of sp³-hybridized carbons (Fsp3) is 0.390. The zero-order valence-corrected chi connectivity index (χ0v) is 28.8. The molecule has 0 aromatic heterocycles. The van der Waals surface area contributed by atoms with Crippen LogP contribution in [0.2, 0.25) is 0 Å². The Balaban J connectivity index is 1.06. The summed E-state index contributed by atoms with van der Waals surface area (Å²) < 4.78 is 29.6. The number of ether oxygens (including phenoxy) is 5. The number of hydrogen-bond acceptors (Lipinski definition) is 8. The standard InChI is InChI=1S/C41H48N2O7/c1-46-38-16-8-6-14-34(38)29-47-25-10-26-48-35-20-18-32(19-21-35)36-22-24-42(41(45)50-28-31-11-3-2-4-12-31)27-39(36)49-30-33-13-5-7-15-37(33)43-23-9-17-40(43)44/h2-8,11-16,18-21,36,39-40,44H,9-10,17,22-30H2,1H3.